The molecule has 1 aromatic heterocycles. The number of hydrogen-bond acceptors (Lipinski definition) is 6. The average Bonchev–Trinajstić information content (AvgIpc) is 3.23. The summed E-state index contributed by atoms with van der Waals surface area (Å²) < 4.78 is 6.45. The molecule has 1 fully saturated rings. The molecule has 0 aliphatic carbocycles. The number of amides is 1. The van der Waals surface area contributed by atoms with Gasteiger partial charge in [-0.1, -0.05) is 43.8 Å². The van der Waals surface area contributed by atoms with Gasteiger partial charge in [0.25, 0.3) is 5.91 Å². The van der Waals surface area contributed by atoms with Gasteiger partial charge in [0.05, 0.1) is 7.11 Å². The third-order valence-electron chi connectivity index (χ3n) is 5.52. The molecule has 1 amide bonds. The second-order valence-electron chi connectivity index (χ2n) is 8.34. The van der Waals surface area contributed by atoms with Crippen molar-refractivity contribution in [1.29, 1.82) is 0 Å². The lowest BCUT2D eigenvalue weighted by molar-refractivity contribution is 0.0657. The van der Waals surface area contributed by atoms with Crippen molar-refractivity contribution in [3.8, 4) is 5.75 Å². The first-order valence-corrected chi connectivity index (χ1v) is 12.7. The van der Waals surface area contributed by atoms with Crippen molar-refractivity contribution < 1.29 is 9.53 Å². The Morgan fingerprint density at radius 2 is 2.07 bits per heavy atom. The predicted octanol–water partition coefficient (Wildman–Crippen LogP) is 4.88. The van der Waals surface area contributed by atoms with Crippen LogP contribution in [0.1, 0.15) is 42.7 Å². The molecule has 30 heavy (non-hydrogen) atoms. The zero-order valence-corrected chi connectivity index (χ0v) is 20.1. The van der Waals surface area contributed by atoms with Crippen molar-refractivity contribution in [3.05, 3.63) is 40.9 Å². The Hall–Kier alpha value is -1.57. The predicted molar refractivity (Wildman–Crippen MR) is 126 cm³/mol. The molecule has 2 heterocycles. The summed E-state index contributed by atoms with van der Waals surface area (Å²) in [5.74, 6) is 2.02. The Bertz CT molecular complexity index is 816. The summed E-state index contributed by atoms with van der Waals surface area (Å²) in [6, 6.07) is 8.25. The van der Waals surface area contributed by atoms with Crippen LogP contribution >= 0.6 is 23.1 Å². The fraction of sp³-hybridized carbons (Fsp3) is 0.565. The highest BCUT2D eigenvalue weighted by Crippen LogP contribution is 2.25. The maximum Gasteiger partial charge on any atom is 0.273 e. The van der Waals surface area contributed by atoms with E-state index in [1.807, 2.05) is 28.7 Å². The average molecular weight is 448 g/mol. The molecule has 0 atom stereocenters. The molecule has 0 radical (unpaired) electrons. The van der Waals surface area contributed by atoms with Crippen LogP contribution in [0, 0.1) is 11.8 Å². The summed E-state index contributed by atoms with van der Waals surface area (Å²) in [4.78, 5) is 22.1. The fourth-order valence-electron chi connectivity index (χ4n) is 4.01. The summed E-state index contributed by atoms with van der Waals surface area (Å²) in [5, 5.41) is 1.90. The molecule has 164 valence electrons. The number of thiazole rings is 1. The van der Waals surface area contributed by atoms with Crippen molar-refractivity contribution in [3.63, 3.8) is 0 Å². The highest BCUT2D eigenvalue weighted by Gasteiger charge is 2.26. The van der Waals surface area contributed by atoms with Crippen LogP contribution in [0.15, 0.2) is 34.0 Å². The summed E-state index contributed by atoms with van der Waals surface area (Å²) in [5.41, 5.74) is 1.84. The Morgan fingerprint density at radius 1 is 1.33 bits per heavy atom. The first-order chi connectivity index (χ1) is 14.5. The number of nitrogens with zero attached hydrogens (tertiary/aromatic N) is 3. The van der Waals surface area contributed by atoms with Crippen molar-refractivity contribution in [2.75, 3.05) is 39.5 Å². The van der Waals surface area contributed by atoms with Gasteiger partial charge in [-0.15, -0.1) is 11.3 Å². The van der Waals surface area contributed by atoms with E-state index < -0.39 is 0 Å². The molecule has 0 unspecified atom stereocenters. The minimum atomic E-state index is 0.0803. The van der Waals surface area contributed by atoms with Crippen LogP contribution < -0.4 is 4.74 Å². The molecule has 2 aromatic rings. The summed E-state index contributed by atoms with van der Waals surface area (Å²) in [6.07, 6.45) is 4.23. The van der Waals surface area contributed by atoms with Gasteiger partial charge in [-0.05, 0) is 50.1 Å². The topological polar surface area (TPSA) is 45.7 Å². The molecular weight excluding hydrogens is 414 g/mol. The van der Waals surface area contributed by atoms with Crippen molar-refractivity contribution in [2.24, 2.45) is 11.8 Å². The van der Waals surface area contributed by atoms with Crippen LogP contribution in [0.5, 0.6) is 5.75 Å². The number of methoxy groups -OCH3 is 1. The number of carbonyl (C=O) groups is 1. The number of piperidine rings is 1. The molecule has 5 nitrogen and oxygen atoms in total. The molecule has 1 aromatic carbocycles. The van der Waals surface area contributed by atoms with Crippen LogP contribution in [-0.4, -0.2) is 60.2 Å². The minimum absolute atomic E-state index is 0.0803. The van der Waals surface area contributed by atoms with E-state index in [2.05, 4.69) is 35.9 Å². The van der Waals surface area contributed by atoms with E-state index in [-0.39, 0.29) is 5.91 Å². The molecule has 0 spiro atoms. The quantitative estimate of drug-likeness (QED) is 0.513. The van der Waals surface area contributed by atoms with E-state index in [0.29, 0.717) is 17.5 Å². The van der Waals surface area contributed by atoms with Gasteiger partial charge in [0, 0.05) is 30.6 Å². The SMILES string of the molecule is COc1ccccc1CN1CCC(CN(CC(C)C)C(=O)c2csc(SC)n2)CC1. The second-order valence-corrected chi connectivity index (χ2v) is 10.2. The van der Waals surface area contributed by atoms with Crippen LogP contribution in [0.25, 0.3) is 0 Å². The second kappa shape index (κ2) is 11.2. The fourth-order valence-corrected chi connectivity index (χ4v) is 5.24. The number of aromatic nitrogens is 1. The lowest BCUT2D eigenvalue weighted by atomic mass is 9.95. The maximum atomic E-state index is 13.1. The Labute approximate surface area is 188 Å². The highest BCUT2D eigenvalue weighted by atomic mass is 32.2. The molecule has 0 bridgehead atoms. The van der Waals surface area contributed by atoms with Gasteiger partial charge in [-0.3, -0.25) is 9.69 Å². The van der Waals surface area contributed by atoms with E-state index in [9.17, 15) is 4.79 Å². The highest BCUT2D eigenvalue weighted by molar-refractivity contribution is 8.00. The van der Waals surface area contributed by atoms with Gasteiger partial charge in [0.1, 0.15) is 15.8 Å². The molecular formula is C23H33N3O2S2. The number of benzene rings is 1. The summed E-state index contributed by atoms with van der Waals surface area (Å²) >= 11 is 3.15. The van der Waals surface area contributed by atoms with Gasteiger partial charge < -0.3 is 9.64 Å². The molecule has 3 rings (SSSR count). The van der Waals surface area contributed by atoms with Crippen LogP contribution in [-0.2, 0) is 6.54 Å². The van der Waals surface area contributed by atoms with E-state index in [4.69, 9.17) is 4.74 Å². The molecule has 7 heteroatoms. The van der Waals surface area contributed by atoms with E-state index in [1.54, 1.807) is 30.2 Å². The van der Waals surface area contributed by atoms with Crippen LogP contribution in [0.2, 0.25) is 0 Å². The third kappa shape index (κ3) is 6.22. The van der Waals surface area contributed by atoms with E-state index >= 15 is 0 Å². The zero-order chi connectivity index (χ0) is 21.5. The normalized spacial score (nSPS) is 15.5. The van der Waals surface area contributed by atoms with Gasteiger partial charge in [0.2, 0.25) is 0 Å². The van der Waals surface area contributed by atoms with Crippen molar-refractivity contribution in [1.82, 2.24) is 14.8 Å². The monoisotopic (exact) mass is 447 g/mol. The van der Waals surface area contributed by atoms with E-state index in [1.165, 1.54) is 5.56 Å². The number of para-hydroxylation sites is 1. The molecule has 0 saturated carbocycles. The number of ether oxygens (including phenoxy) is 1. The van der Waals surface area contributed by atoms with Gasteiger partial charge >= 0.3 is 0 Å². The number of thioether (sulfide) groups is 1. The summed E-state index contributed by atoms with van der Waals surface area (Å²) in [6.45, 7) is 8.98. The van der Waals surface area contributed by atoms with Gasteiger partial charge in [0.15, 0.2) is 0 Å². The standard InChI is InChI=1S/C23H33N3O2S2/c1-17(2)13-26(22(27)20-16-30-23(24-20)29-4)14-18-9-11-25(12-10-18)15-19-7-5-6-8-21(19)28-3/h5-8,16-18H,9-15H2,1-4H3. The third-order valence-corrected chi connectivity index (χ3v) is 7.39. The largest absolute Gasteiger partial charge is 0.496 e. The lowest BCUT2D eigenvalue weighted by Crippen LogP contribution is -2.42. The molecule has 0 N–H and O–H groups in total. The van der Waals surface area contributed by atoms with Crippen molar-refractivity contribution >= 4 is 29.0 Å². The molecule has 1 aliphatic heterocycles. The smallest absolute Gasteiger partial charge is 0.273 e. The number of carbonyl (C=O) groups excluding carboxylic acids is 1. The van der Waals surface area contributed by atoms with Gasteiger partial charge in [-0.2, -0.15) is 0 Å². The number of rotatable bonds is 9. The van der Waals surface area contributed by atoms with Crippen LogP contribution in [0.4, 0.5) is 0 Å². The van der Waals surface area contributed by atoms with E-state index in [0.717, 1.165) is 55.7 Å². The number of likely N-dealkylation sites (tertiary alicyclic amines) is 1. The van der Waals surface area contributed by atoms with Crippen molar-refractivity contribution in [2.45, 2.75) is 37.6 Å². The van der Waals surface area contributed by atoms with Crippen LogP contribution in [0.3, 0.4) is 0 Å². The maximum absolute atomic E-state index is 13.1. The first-order valence-electron chi connectivity index (χ1n) is 10.6. The van der Waals surface area contributed by atoms with Gasteiger partial charge in [-0.25, -0.2) is 4.98 Å². The molecule has 1 saturated heterocycles. The minimum Gasteiger partial charge on any atom is -0.496 e. The summed E-state index contributed by atoms with van der Waals surface area (Å²) in [7, 11) is 1.73. The molecule has 1 aliphatic rings. The first kappa shape index (κ1) is 23.1. The Kier molecular flexibility index (Phi) is 8.60. The zero-order valence-electron chi connectivity index (χ0n) is 18.5. The number of hydrogen-bond donors (Lipinski definition) is 0. The Balaban J connectivity index is 1.57. The lowest BCUT2D eigenvalue weighted by Gasteiger charge is -2.35. The Morgan fingerprint density at radius 3 is 2.70 bits per heavy atom.